The number of halogens is 1. The van der Waals surface area contributed by atoms with Crippen LogP contribution in [0.2, 0.25) is 0 Å². The molecule has 0 atom stereocenters. The first kappa shape index (κ1) is 11.9. The van der Waals surface area contributed by atoms with Crippen LogP contribution in [0.4, 0.5) is 0 Å². The molecule has 0 amide bonds. The zero-order valence-electron chi connectivity index (χ0n) is 10.2. The van der Waals surface area contributed by atoms with Crippen LogP contribution >= 0.6 is 15.9 Å². The summed E-state index contributed by atoms with van der Waals surface area (Å²) in [4.78, 5) is 0. The average Bonchev–Trinajstić information content (AvgIpc) is 3.02. The van der Waals surface area contributed by atoms with Crippen molar-refractivity contribution in [2.45, 2.75) is 32.4 Å². The van der Waals surface area contributed by atoms with Gasteiger partial charge in [-0.1, -0.05) is 21.1 Å². The van der Waals surface area contributed by atoms with Gasteiger partial charge in [-0.15, -0.1) is 5.10 Å². The number of hydrogen-bond acceptors (Lipinski definition) is 3. The molecule has 0 bridgehead atoms. The van der Waals surface area contributed by atoms with E-state index in [0.29, 0.717) is 6.04 Å². The average molecular weight is 307 g/mol. The first-order valence-electron chi connectivity index (χ1n) is 6.13. The Hall–Kier alpha value is -1.20. The zero-order chi connectivity index (χ0) is 12.5. The number of aromatic nitrogens is 3. The number of benzene rings is 1. The normalized spacial score (nSPS) is 15.0. The van der Waals surface area contributed by atoms with Crippen molar-refractivity contribution in [1.29, 1.82) is 0 Å². The van der Waals surface area contributed by atoms with Crippen LogP contribution in [0, 0.1) is 6.92 Å². The van der Waals surface area contributed by atoms with Crippen LogP contribution in [0.1, 0.15) is 24.1 Å². The summed E-state index contributed by atoms with van der Waals surface area (Å²) in [6, 6.07) is 6.95. The molecule has 18 heavy (non-hydrogen) atoms. The molecule has 1 aliphatic carbocycles. The molecule has 2 aromatic rings. The van der Waals surface area contributed by atoms with E-state index in [9.17, 15) is 0 Å². The number of rotatable bonds is 4. The Balaban J connectivity index is 1.87. The van der Waals surface area contributed by atoms with Crippen molar-refractivity contribution >= 4 is 15.9 Å². The Morgan fingerprint density at radius 2 is 2.22 bits per heavy atom. The minimum Gasteiger partial charge on any atom is -0.308 e. The Morgan fingerprint density at radius 3 is 2.94 bits per heavy atom. The summed E-state index contributed by atoms with van der Waals surface area (Å²) >= 11 is 3.52. The fourth-order valence-electron chi connectivity index (χ4n) is 1.97. The van der Waals surface area contributed by atoms with E-state index in [-0.39, 0.29) is 0 Å². The van der Waals surface area contributed by atoms with Gasteiger partial charge in [0.2, 0.25) is 0 Å². The van der Waals surface area contributed by atoms with Gasteiger partial charge in [-0.3, -0.25) is 0 Å². The summed E-state index contributed by atoms with van der Waals surface area (Å²) in [6.07, 6.45) is 4.40. The van der Waals surface area contributed by atoms with Crippen LogP contribution in [0.3, 0.4) is 0 Å². The molecule has 1 aromatic carbocycles. The third-order valence-corrected chi connectivity index (χ3v) is 3.50. The van der Waals surface area contributed by atoms with E-state index >= 15 is 0 Å². The second-order valence-electron chi connectivity index (χ2n) is 4.78. The summed E-state index contributed by atoms with van der Waals surface area (Å²) < 4.78 is 2.96. The Labute approximate surface area is 115 Å². The lowest BCUT2D eigenvalue weighted by Gasteiger charge is -2.08. The van der Waals surface area contributed by atoms with Crippen LogP contribution in [-0.4, -0.2) is 21.0 Å². The van der Waals surface area contributed by atoms with Crippen LogP contribution in [-0.2, 0) is 6.54 Å². The van der Waals surface area contributed by atoms with Gasteiger partial charge in [0.05, 0.1) is 17.6 Å². The molecular formula is C13H15BrN4. The Morgan fingerprint density at radius 1 is 1.39 bits per heavy atom. The molecule has 4 nitrogen and oxygen atoms in total. The monoisotopic (exact) mass is 306 g/mol. The van der Waals surface area contributed by atoms with Crippen LogP contribution in [0.5, 0.6) is 0 Å². The SMILES string of the molecule is Cc1cc(Br)cc(-n2nncc2CNC2CC2)c1. The van der Waals surface area contributed by atoms with Crippen molar-refractivity contribution in [1.82, 2.24) is 20.3 Å². The van der Waals surface area contributed by atoms with Gasteiger partial charge in [0, 0.05) is 17.1 Å². The third-order valence-electron chi connectivity index (χ3n) is 3.04. The fraction of sp³-hybridized carbons (Fsp3) is 0.385. The quantitative estimate of drug-likeness (QED) is 0.944. The summed E-state index contributed by atoms with van der Waals surface area (Å²) in [5.74, 6) is 0. The molecule has 0 saturated heterocycles. The van der Waals surface area contributed by atoms with Crippen molar-refractivity contribution < 1.29 is 0 Å². The van der Waals surface area contributed by atoms with Gasteiger partial charge in [-0.2, -0.15) is 0 Å². The zero-order valence-corrected chi connectivity index (χ0v) is 11.8. The molecular weight excluding hydrogens is 292 g/mol. The first-order valence-corrected chi connectivity index (χ1v) is 6.92. The second-order valence-corrected chi connectivity index (χ2v) is 5.69. The van der Waals surface area contributed by atoms with Crippen molar-refractivity contribution in [3.8, 4) is 5.69 Å². The molecule has 0 spiro atoms. The highest BCUT2D eigenvalue weighted by molar-refractivity contribution is 9.10. The van der Waals surface area contributed by atoms with E-state index < -0.39 is 0 Å². The van der Waals surface area contributed by atoms with Crippen LogP contribution in [0.15, 0.2) is 28.9 Å². The molecule has 1 saturated carbocycles. The minimum absolute atomic E-state index is 0.692. The lowest BCUT2D eigenvalue weighted by molar-refractivity contribution is 0.646. The van der Waals surface area contributed by atoms with Crippen molar-refractivity contribution in [3.05, 3.63) is 40.1 Å². The van der Waals surface area contributed by atoms with Gasteiger partial charge in [-0.25, -0.2) is 4.68 Å². The van der Waals surface area contributed by atoms with Crippen LogP contribution < -0.4 is 5.32 Å². The smallest absolute Gasteiger partial charge is 0.0783 e. The largest absolute Gasteiger partial charge is 0.308 e. The third kappa shape index (κ3) is 2.62. The summed E-state index contributed by atoms with van der Waals surface area (Å²) in [5.41, 5.74) is 3.35. The number of nitrogens with zero attached hydrogens (tertiary/aromatic N) is 3. The van der Waals surface area contributed by atoms with E-state index in [1.807, 2.05) is 10.9 Å². The van der Waals surface area contributed by atoms with Crippen molar-refractivity contribution in [2.75, 3.05) is 0 Å². The molecule has 1 aromatic heterocycles. The van der Waals surface area contributed by atoms with Crippen molar-refractivity contribution in [3.63, 3.8) is 0 Å². The molecule has 0 unspecified atom stereocenters. The highest BCUT2D eigenvalue weighted by atomic mass is 79.9. The lowest BCUT2D eigenvalue weighted by atomic mass is 10.2. The van der Waals surface area contributed by atoms with Gasteiger partial charge in [-0.05, 0) is 43.5 Å². The van der Waals surface area contributed by atoms with E-state index in [0.717, 1.165) is 22.4 Å². The molecule has 1 aliphatic rings. The minimum atomic E-state index is 0.692. The molecule has 0 radical (unpaired) electrons. The molecule has 3 rings (SSSR count). The van der Waals surface area contributed by atoms with Gasteiger partial charge in [0.15, 0.2) is 0 Å². The highest BCUT2D eigenvalue weighted by Crippen LogP contribution is 2.21. The molecule has 5 heteroatoms. The number of aryl methyl sites for hydroxylation is 1. The number of hydrogen-bond donors (Lipinski definition) is 1. The predicted molar refractivity (Wildman–Crippen MR) is 73.7 cm³/mol. The summed E-state index contributed by atoms with van der Waals surface area (Å²) in [5, 5.41) is 11.7. The van der Waals surface area contributed by atoms with Gasteiger partial charge >= 0.3 is 0 Å². The topological polar surface area (TPSA) is 42.7 Å². The van der Waals surface area contributed by atoms with E-state index in [2.05, 4.69) is 56.7 Å². The number of nitrogens with one attached hydrogen (secondary N) is 1. The van der Waals surface area contributed by atoms with E-state index in [1.54, 1.807) is 0 Å². The highest BCUT2D eigenvalue weighted by Gasteiger charge is 2.21. The molecule has 1 N–H and O–H groups in total. The molecule has 94 valence electrons. The predicted octanol–water partition coefficient (Wildman–Crippen LogP) is 2.59. The second kappa shape index (κ2) is 4.82. The summed E-state index contributed by atoms with van der Waals surface area (Å²) in [6.45, 7) is 2.90. The lowest BCUT2D eigenvalue weighted by Crippen LogP contribution is -2.18. The first-order chi connectivity index (χ1) is 8.72. The van der Waals surface area contributed by atoms with Crippen LogP contribution in [0.25, 0.3) is 5.69 Å². The maximum absolute atomic E-state index is 4.17. The molecule has 0 aliphatic heterocycles. The Kier molecular flexibility index (Phi) is 3.18. The molecule has 1 fully saturated rings. The standard InChI is InChI=1S/C13H15BrN4/c1-9-4-10(14)6-12(5-9)18-13(8-16-17-18)7-15-11-2-3-11/h4-6,8,11,15H,2-3,7H2,1H3. The summed E-state index contributed by atoms with van der Waals surface area (Å²) in [7, 11) is 0. The van der Waals surface area contributed by atoms with Gasteiger partial charge in [0.1, 0.15) is 0 Å². The molecule has 1 heterocycles. The van der Waals surface area contributed by atoms with Crippen molar-refractivity contribution in [2.24, 2.45) is 0 Å². The van der Waals surface area contributed by atoms with E-state index in [4.69, 9.17) is 0 Å². The van der Waals surface area contributed by atoms with E-state index in [1.165, 1.54) is 18.4 Å². The van der Waals surface area contributed by atoms with Gasteiger partial charge < -0.3 is 5.32 Å². The Bertz CT molecular complexity index is 540. The fourth-order valence-corrected chi connectivity index (χ4v) is 2.57. The van der Waals surface area contributed by atoms with Gasteiger partial charge in [0.25, 0.3) is 0 Å². The maximum atomic E-state index is 4.17. The maximum Gasteiger partial charge on any atom is 0.0783 e.